The molecule has 1 aliphatic rings. The van der Waals surface area contributed by atoms with Crippen molar-refractivity contribution in [2.75, 3.05) is 32.5 Å². The molecule has 2 aromatic heterocycles. The molecule has 1 aromatic carbocycles. The van der Waals surface area contributed by atoms with Gasteiger partial charge >= 0.3 is 5.97 Å². The normalized spacial score (nSPS) is 19.6. The van der Waals surface area contributed by atoms with Crippen LogP contribution in [0.2, 0.25) is 0 Å². The number of rotatable bonds is 12. The summed E-state index contributed by atoms with van der Waals surface area (Å²) in [5.74, 6) is 1.27. The van der Waals surface area contributed by atoms with Crippen molar-refractivity contribution in [3.8, 4) is 5.75 Å². The van der Waals surface area contributed by atoms with Gasteiger partial charge in [0.05, 0.1) is 16.8 Å². The third-order valence-electron chi connectivity index (χ3n) is 6.88. The minimum absolute atomic E-state index is 0.0627. The lowest BCUT2D eigenvalue weighted by Crippen LogP contribution is -2.42. The summed E-state index contributed by atoms with van der Waals surface area (Å²) in [4.78, 5) is 18.3. The van der Waals surface area contributed by atoms with Gasteiger partial charge in [0.25, 0.3) is 0 Å². The number of nitrogens with zero attached hydrogens (tertiary/aromatic N) is 2. The monoisotopic (exact) mass is 516 g/mol. The number of carboxylic acid groups (broad SMARTS) is 1. The molecule has 0 spiro atoms. The molecule has 35 heavy (non-hydrogen) atoms. The summed E-state index contributed by atoms with van der Waals surface area (Å²) in [5, 5.41) is 12.4. The van der Waals surface area contributed by atoms with Gasteiger partial charge in [0.1, 0.15) is 11.9 Å². The maximum Gasteiger partial charge on any atom is 0.303 e. The highest BCUT2D eigenvalue weighted by atomic mass is 32.2. The molecule has 3 atom stereocenters. The number of likely N-dealkylation sites (tertiary alicyclic amines) is 1. The van der Waals surface area contributed by atoms with Gasteiger partial charge < -0.3 is 14.7 Å². The first-order valence-electron chi connectivity index (χ1n) is 12.2. The van der Waals surface area contributed by atoms with E-state index in [1.165, 1.54) is 4.21 Å². The van der Waals surface area contributed by atoms with Gasteiger partial charge in [-0.15, -0.1) is 23.1 Å². The van der Waals surface area contributed by atoms with Gasteiger partial charge in [-0.05, 0) is 91.9 Å². The molecular formula is C27H33FN2O3S2. The number of carbonyl (C=O) groups is 1. The molecule has 1 aliphatic heterocycles. The number of benzene rings is 1. The molecule has 4 rings (SSSR count). The second-order valence-electron chi connectivity index (χ2n) is 9.17. The van der Waals surface area contributed by atoms with Gasteiger partial charge in [-0.1, -0.05) is 6.07 Å². The molecule has 0 saturated carbocycles. The number of aromatic nitrogens is 1. The lowest BCUT2D eigenvalue weighted by molar-refractivity contribution is -0.139. The maximum absolute atomic E-state index is 15.4. The second kappa shape index (κ2) is 12.7. The maximum atomic E-state index is 15.4. The van der Waals surface area contributed by atoms with Crippen LogP contribution in [0.25, 0.3) is 10.9 Å². The third-order valence-corrected chi connectivity index (χ3v) is 9.10. The van der Waals surface area contributed by atoms with Crippen LogP contribution < -0.4 is 4.74 Å². The number of alkyl halides is 1. The summed E-state index contributed by atoms with van der Waals surface area (Å²) in [6, 6.07) is 11.5. The van der Waals surface area contributed by atoms with Gasteiger partial charge in [0, 0.05) is 30.3 Å². The minimum Gasteiger partial charge on any atom is -0.497 e. The van der Waals surface area contributed by atoms with E-state index < -0.39 is 12.1 Å². The number of fused-ring (bicyclic) bond motifs is 1. The molecule has 1 N–H and O–H groups in total. The van der Waals surface area contributed by atoms with Gasteiger partial charge in [0.15, 0.2) is 0 Å². The highest BCUT2D eigenvalue weighted by molar-refractivity contribution is 8.01. The van der Waals surface area contributed by atoms with E-state index in [1.807, 2.05) is 30.0 Å². The standard InChI is InChI=1S/C27H33FN2O3S2/c1-33-21-6-8-25-23(17-21)22(9-11-29-25)24(28)7-5-19-10-13-30(18-20(19)16-26(31)32)12-3-15-35-27-4-2-14-34-27/h2,4,6,8-9,11,14,17,19-20,24H,3,5,7,10,12-13,15-16,18H2,1H3,(H,31,32)/t19-,20+,24?/m1/s1. The van der Waals surface area contributed by atoms with E-state index in [0.717, 1.165) is 49.1 Å². The summed E-state index contributed by atoms with van der Waals surface area (Å²) >= 11 is 3.65. The number of carboxylic acids is 1. The Balaban J connectivity index is 1.32. The van der Waals surface area contributed by atoms with Crippen LogP contribution in [0.3, 0.4) is 0 Å². The SMILES string of the molecule is COc1ccc2nccc(C(F)CC[C@@H]3CCN(CCCSc4cccs4)C[C@@H]3CC(=O)O)c2c1. The largest absolute Gasteiger partial charge is 0.497 e. The second-order valence-corrected chi connectivity index (χ2v) is 11.5. The highest BCUT2D eigenvalue weighted by Gasteiger charge is 2.31. The average molecular weight is 517 g/mol. The molecule has 1 saturated heterocycles. The molecular weight excluding hydrogens is 483 g/mol. The smallest absolute Gasteiger partial charge is 0.303 e. The first-order valence-corrected chi connectivity index (χ1v) is 14.1. The van der Waals surface area contributed by atoms with Gasteiger partial charge in [-0.2, -0.15) is 0 Å². The van der Waals surface area contributed by atoms with Crippen LogP contribution in [0.4, 0.5) is 4.39 Å². The predicted octanol–water partition coefficient (Wildman–Crippen LogP) is 6.69. The molecule has 1 fully saturated rings. The van der Waals surface area contributed by atoms with E-state index in [2.05, 4.69) is 27.4 Å². The third kappa shape index (κ3) is 7.18. The van der Waals surface area contributed by atoms with Crippen molar-refractivity contribution in [1.29, 1.82) is 0 Å². The van der Waals surface area contributed by atoms with E-state index in [1.54, 1.807) is 30.7 Å². The Hall–Kier alpha value is -2.16. The zero-order chi connectivity index (χ0) is 24.6. The van der Waals surface area contributed by atoms with Crippen molar-refractivity contribution in [3.05, 3.63) is 53.5 Å². The van der Waals surface area contributed by atoms with Crippen molar-refractivity contribution in [1.82, 2.24) is 9.88 Å². The number of halogens is 1. The van der Waals surface area contributed by atoms with Gasteiger partial charge in [-0.3, -0.25) is 9.78 Å². The highest BCUT2D eigenvalue weighted by Crippen LogP contribution is 2.36. The van der Waals surface area contributed by atoms with Gasteiger partial charge in [0.2, 0.25) is 0 Å². The number of pyridine rings is 1. The number of hydrogen-bond donors (Lipinski definition) is 1. The molecule has 3 aromatic rings. The Labute approximate surface area is 214 Å². The first kappa shape index (κ1) is 25.9. The molecule has 188 valence electrons. The molecule has 0 aliphatic carbocycles. The number of hydrogen-bond acceptors (Lipinski definition) is 6. The van der Waals surface area contributed by atoms with E-state index in [4.69, 9.17) is 4.74 Å². The molecule has 5 nitrogen and oxygen atoms in total. The molecule has 3 heterocycles. The Morgan fingerprint density at radius 1 is 1.34 bits per heavy atom. The van der Waals surface area contributed by atoms with Crippen LogP contribution in [0, 0.1) is 11.8 Å². The van der Waals surface area contributed by atoms with Crippen LogP contribution in [0.15, 0.2) is 52.2 Å². The topological polar surface area (TPSA) is 62.7 Å². The fourth-order valence-electron chi connectivity index (χ4n) is 5.06. The Morgan fingerprint density at radius 3 is 3.00 bits per heavy atom. The first-order chi connectivity index (χ1) is 17.0. The van der Waals surface area contributed by atoms with E-state index in [-0.39, 0.29) is 18.3 Å². The molecule has 0 amide bonds. The van der Waals surface area contributed by atoms with Crippen LogP contribution in [0.5, 0.6) is 5.75 Å². The summed E-state index contributed by atoms with van der Waals surface area (Å²) in [5.41, 5.74) is 1.38. The fourth-order valence-corrected chi connectivity index (χ4v) is 6.85. The summed E-state index contributed by atoms with van der Waals surface area (Å²) in [7, 11) is 1.60. The summed E-state index contributed by atoms with van der Waals surface area (Å²) in [6.45, 7) is 2.72. The van der Waals surface area contributed by atoms with Crippen LogP contribution in [0.1, 0.15) is 43.8 Å². The number of ether oxygens (including phenoxy) is 1. The van der Waals surface area contributed by atoms with Crippen molar-refractivity contribution < 1.29 is 19.0 Å². The molecule has 1 unspecified atom stereocenters. The van der Waals surface area contributed by atoms with Crippen LogP contribution in [-0.2, 0) is 4.79 Å². The number of aliphatic carboxylic acids is 1. The molecule has 8 heteroatoms. The Kier molecular flexibility index (Phi) is 9.40. The zero-order valence-corrected chi connectivity index (χ0v) is 21.7. The van der Waals surface area contributed by atoms with Crippen LogP contribution >= 0.6 is 23.1 Å². The molecule has 0 radical (unpaired) electrons. The summed E-state index contributed by atoms with van der Waals surface area (Å²) in [6.07, 6.45) is 3.76. The van der Waals surface area contributed by atoms with E-state index >= 15 is 4.39 Å². The van der Waals surface area contributed by atoms with Crippen molar-refractivity contribution in [2.45, 2.75) is 42.5 Å². The number of piperidine rings is 1. The van der Waals surface area contributed by atoms with Crippen molar-refractivity contribution in [2.24, 2.45) is 11.8 Å². The number of methoxy groups -OCH3 is 1. The van der Waals surface area contributed by atoms with E-state index in [0.29, 0.717) is 24.2 Å². The Morgan fingerprint density at radius 2 is 2.23 bits per heavy atom. The van der Waals surface area contributed by atoms with Crippen molar-refractivity contribution >= 4 is 40.0 Å². The molecule has 0 bridgehead atoms. The van der Waals surface area contributed by atoms with Crippen molar-refractivity contribution in [3.63, 3.8) is 0 Å². The summed E-state index contributed by atoms with van der Waals surface area (Å²) < 4.78 is 22.1. The predicted molar refractivity (Wildman–Crippen MR) is 141 cm³/mol. The Bertz CT molecular complexity index is 1100. The van der Waals surface area contributed by atoms with Gasteiger partial charge in [-0.25, -0.2) is 4.39 Å². The van der Waals surface area contributed by atoms with Crippen LogP contribution in [-0.4, -0.2) is 53.5 Å². The zero-order valence-electron chi connectivity index (χ0n) is 20.1. The number of thiophene rings is 1. The fraction of sp³-hybridized carbons (Fsp3) is 0.481. The van der Waals surface area contributed by atoms with E-state index in [9.17, 15) is 9.90 Å². The number of thioether (sulfide) groups is 1. The minimum atomic E-state index is -1.12. The quantitative estimate of drug-likeness (QED) is 0.214. The average Bonchev–Trinajstić information content (AvgIpc) is 3.38. The lowest BCUT2D eigenvalue weighted by Gasteiger charge is -2.38. The lowest BCUT2D eigenvalue weighted by atomic mass is 9.79.